The predicted octanol–water partition coefficient (Wildman–Crippen LogP) is 6.87. The summed E-state index contributed by atoms with van der Waals surface area (Å²) in [6.07, 6.45) is -4.90. The van der Waals surface area contributed by atoms with Gasteiger partial charge in [-0.15, -0.1) is 0 Å². The fraction of sp³-hybridized carbons (Fsp3) is 0.200. The van der Waals surface area contributed by atoms with Gasteiger partial charge in [-0.3, -0.25) is 4.79 Å². The van der Waals surface area contributed by atoms with Crippen LogP contribution in [0.25, 0.3) is 0 Å². The molecule has 4 rings (SSSR count). The van der Waals surface area contributed by atoms with Gasteiger partial charge in [-0.05, 0) is 42.0 Å². The summed E-state index contributed by atoms with van der Waals surface area (Å²) in [5.74, 6) is -0.767. The zero-order valence-electron chi connectivity index (χ0n) is 15.6. The van der Waals surface area contributed by atoms with Gasteiger partial charge in [0.2, 0.25) is 0 Å². The first-order valence-electron chi connectivity index (χ1n) is 9.07. The van der Waals surface area contributed by atoms with E-state index < -0.39 is 24.2 Å². The Labute approximate surface area is 193 Å². The molecule has 1 aromatic heterocycles. The van der Waals surface area contributed by atoms with E-state index in [1.54, 1.807) is 48.5 Å². The summed E-state index contributed by atoms with van der Waals surface area (Å²) >= 11 is 15.5. The van der Waals surface area contributed by atoms with E-state index >= 15 is 0 Å². The number of benzene rings is 2. The molecule has 0 bridgehead atoms. The minimum atomic E-state index is -4.59. The van der Waals surface area contributed by atoms with Gasteiger partial charge in [0, 0.05) is 21.6 Å². The SMILES string of the molecule is O=C(Nc1ccc(Br)cc1)c1nn2c(c1Cl)N[C@@H](c1ccc(Cl)cc1)C[C@@H]2C(F)(F)F. The number of hydrogen-bond acceptors (Lipinski definition) is 3. The van der Waals surface area contributed by atoms with Gasteiger partial charge in [0.1, 0.15) is 10.8 Å². The van der Waals surface area contributed by atoms with Gasteiger partial charge >= 0.3 is 6.18 Å². The smallest absolute Gasteiger partial charge is 0.362 e. The van der Waals surface area contributed by atoms with E-state index in [2.05, 4.69) is 31.7 Å². The van der Waals surface area contributed by atoms with Crippen LogP contribution < -0.4 is 10.6 Å². The van der Waals surface area contributed by atoms with Crippen LogP contribution in [-0.2, 0) is 0 Å². The minimum Gasteiger partial charge on any atom is -0.362 e. The van der Waals surface area contributed by atoms with Crippen molar-refractivity contribution < 1.29 is 18.0 Å². The Morgan fingerprint density at radius 2 is 1.77 bits per heavy atom. The van der Waals surface area contributed by atoms with Gasteiger partial charge in [0.15, 0.2) is 11.7 Å². The molecule has 0 spiro atoms. The van der Waals surface area contributed by atoms with E-state index in [9.17, 15) is 18.0 Å². The van der Waals surface area contributed by atoms with Crippen molar-refractivity contribution in [3.63, 3.8) is 0 Å². The van der Waals surface area contributed by atoms with Crippen molar-refractivity contribution in [2.75, 3.05) is 10.6 Å². The van der Waals surface area contributed by atoms with Crippen LogP contribution in [0, 0.1) is 0 Å². The monoisotopic (exact) mass is 532 g/mol. The first-order chi connectivity index (χ1) is 14.6. The van der Waals surface area contributed by atoms with Gasteiger partial charge in [-0.2, -0.15) is 18.3 Å². The number of hydrogen-bond donors (Lipinski definition) is 2. The highest BCUT2D eigenvalue weighted by molar-refractivity contribution is 9.10. The molecule has 0 saturated carbocycles. The molecule has 2 heterocycles. The number of fused-ring (bicyclic) bond motifs is 1. The first kappa shape index (κ1) is 22.0. The number of carbonyl (C=O) groups excluding carboxylic acids is 1. The van der Waals surface area contributed by atoms with Crippen molar-refractivity contribution in [3.05, 3.63) is 74.3 Å². The normalized spacial score (nSPS) is 18.3. The molecule has 2 aromatic carbocycles. The second kappa shape index (κ2) is 8.37. The standard InChI is InChI=1S/C20H14BrCl2F3N4O/c21-11-3-7-13(8-4-11)27-19(31)17-16(23)18-28-14(10-1-5-12(22)6-2-10)9-15(20(24,25)26)30(18)29-17/h1-8,14-15,28H,9H2,(H,27,31)/t14-,15-/m1/s1. The average Bonchev–Trinajstić information content (AvgIpc) is 3.05. The van der Waals surface area contributed by atoms with Crippen LogP contribution in [0.15, 0.2) is 53.0 Å². The third kappa shape index (κ3) is 4.53. The molecule has 1 amide bonds. The summed E-state index contributed by atoms with van der Waals surface area (Å²) in [5, 5.41) is 9.79. The van der Waals surface area contributed by atoms with Crippen LogP contribution in [0.2, 0.25) is 10.0 Å². The third-order valence-corrected chi connectivity index (χ3v) is 6.02. The molecule has 162 valence electrons. The van der Waals surface area contributed by atoms with Gasteiger partial charge < -0.3 is 10.6 Å². The van der Waals surface area contributed by atoms with E-state index in [1.165, 1.54) is 0 Å². The lowest BCUT2D eigenvalue weighted by molar-refractivity contribution is -0.173. The van der Waals surface area contributed by atoms with Crippen LogP contribution in [0.3, 0.4) is 0 Å². The minimum absolute atomic E-state index is 0.0591. The molecule has 0 saturated heterocycles. The highest BCUT2D eigenvalue weighted by Gasteiger charge is 2.47. The van der Waals surface area contributed by atoms with E-state index in [-0.39, 0.29) is 23.0 Å². The van der Waals surface area contributed by atoms with E-state index in [4.69, 9.17) is 23.2 Å². The maximum absolute atomic E-state index is 13.8. The summed E-state index contributed by atoms with van der Waals surface area (Å²) in [4.78, 5) is 12.7. The van der Waals surface area contributed by atoms with Crippen molar-refractivity contribution in [1.29, 1.82) is 0 Å². The Balaban J connectivity index is 1.69. The second-order valence-electron chi connectivity index (χ2n) is 6.96. The molecule has 11 heteroatoms. The molecule has 5 nitrogen and oxygen atoms in total. The Bertz CT molecular complexity index is 1120. The zero-order chi connectivity index (χ0) is 22.3. The third-order valence-electron chi connectivity index (χ3n) is 4.89. The zero-order valence-corrected chi connectivity index (χ0v) is 18.6. The number of alkyl halides is 3. The van der Waals surface area contributed by atoms with Gasteiger partial charge in [-0.25, -0.2) is 4.68 Å². The Hall–Kier alpha value is -2.23. The first-order valence-corrected chi connectivity index (χ1v) is 10.6. The number of halogens is 6. The van der Waals surface area contributed by atoms with Crippen molar-refractivity contribution in [1.82, 2.24) is 9.78 Å². The maximum atomic E-state index is 13.8. The fourth-order valence-corrected chi connectivity index (χ4v) is 4.03. The number of carbonyl (C=O) groups is 1. The second-order valence-corrected chi connectivity index (χ2v) is 8.69. The van der Waals surface area contributed by atoms with Crippen LogP contribution in [0.5, 0.6) is 0 Å². The topological polar surface area (TPSA) is 59.0 Å². The lowest BCUT2D eigenvalue weighted by Crippen LogP contribution is -2.35. The van der Waals surface area contributed by atoms with Crippen molar-refractivity contribution in [3.8, 4) is 0 Å². The highest BCUT2D eigenvalue weighted by Crippen LogP contribution is 2.46. The van der Waals surface area contributed by atoms with E-state index in [1.807, 2.05) is 0 Å². The Morgan fingerprint density at radius 1 is 1.13 bits per heavy atom. The quantitative estimate of drug-likeness (QED) is 0.386. The van der Waals surface area contributed by atoms with E-state index in [0.717, 1.165) is 9.15 Å². The number of aromatic nitrogens is 2. The molecule has 2 atom stereocenters. The lowest BCUT2D eigenvalue weighted by atomic mass is 9.97. The number of amides is 1. The van der Waals surface area contributed by atoms with Crippen LogP contribution in [-0.4, -0.2) is 21.9 Å². The molecule has 1 aliphatic rings. The summed E-state index contributed by atoms with van der Waals surface area (Å²) in [6, 6.07) is 10.6. The molecule has 0 aliphatic carbocycles. The van der Waals surface area contributed by atoms with E-state index in [0.29, 0.717) is 16.3 Å². The van der Waals surface area contributed by atoms with Gasteiger partial charge in [0.05, 0.1) is 6.04 Å². The summed E-state index contributed by atoms with van der Waals surface area (Å²) in [7, 11) is 0. The largest absolute Gasteiger partial charge is 0.410 e. The number of nitrogens with one attached hydrogen (secondary N) is 2. The molecule has 0 radical (unpaired) electrons. The lowest BCUT2D eigenvalue weighted by Gasteiger charge is -2.33. The fourth-order valence-electron chi connectivity index (χ4n) is 3.37. The van der Waals surface area contributed by atoms with Crippen molar-refractivity contribution >= 4 is 56.5 Å². The summed E-state index contributed by atoms with van der Waals surface area (Å²) in [5.41, 5.74) is 0.774. The number of rotatable bonds is 3. The summed E-state index contributed by atoms with van der Waals surface area (Å²) < 4.78 is 43.1. The van der Waals surface area contributed by atoms with Crippen LogP contribution >= 0.6 is 39.1 Å². The molecule has 0 fully saturated rings. The molecule has 2 N–H and O–H groups in total. The van der Waals surface area contributed by atoms with Crippen molar-refractivity contribution in [2.24, 2.45) is 0 Å². The van der Waals surface area contributed by atoms with Crippen molar-refractivity contribution in [2.45, 2.75) is 24.7 Å². The number of anilines is 2. The summed E-state index contributed by atoms with van der Waals surface area (Å²) in [6.45, 7) is 0. The Morgan fingerprint density at radius 3 is 2.39 bits per heavy atom. The number of nitrogens with zero attached hydrogens (tertiary/aromatic N) is 2. The predicted molar refractivity (Wildman–Crippen MR) is 117 cm³/mol. The molecular formula is C20H14BrCl2F3N4O. The molecule has 31 heavy (non-hydrogen) atoms. The molecular weight excluding hydrogens is 520 g/mol. The molecule has 1 aliphatic heterocycles. The van der Waals surface area contributed by atoms with Gasteiger partial charge in [-0.1, -0.05) is 51.3 Å². The Kier molecular flexibility index (Phi) is 5.93. The highest BCUT2D eigenvalue weighted by atomic mass is 79.9. The maximum Gasteiger partial charge on any atom is 0.410 e. The van der Waals surface area contributed by atoms with Crippen LogP contribution in [0.4, 0.5) is 24.7 Å². The van der Waals surface area contributed by atoms with Gasteiger partial charge in [0.25, 0.3) is 5.91 Å². The van der Waals surface area contributed by atoms with Crippen LogP contribution in [0.1, 0.15) is 34.6 Å². The molecule has 3 aromatic rings. The average molecular weight is 534 g/mol. The molecule has 0 unspecified atom stereocenters.